The van der Waals surface area contributed by atoms with Crippen molar-refractivity contribution in [1.29, 1.82) is 0 Å². The number of aryl methyl sites for hydroxylation is 2. The molecule has 0 bridgehead atoms. The highest BCUT2D eigenvalue weighted by molar-refractivity contribution is 5.91. The number of nitrogens with one attached hydrogen (secondary N) is 1. The minimum absolute atomic E-state index is 0. The summed E-state index contributed by atoms with van der Waals surface area (Å²) in [6.45, 7) is 9.62. The molecule has 52 heavy (non-hydrogen) atoms. The van der Waals surface area contributed by atoms with E-state index in [1.807, 2.05) is 60.0 Å². The number of hydrogen-bond acceptors (Lipinski definition) is 9. The average Bonchev–Trinajstić information content (AvgIpc) is 3.31. The van der Waals surface area contributed by atoms with E-state index < -0.39 is 12.2 Å². The zero-order chi connectivity index (χ0) is 36.1. The first-order valence-electron chi connectivity index (χ1n) is 18.3. The number of ether oxygens (including phenoxy) is 2. The Morgan fingerprint density at radius 1 is 0.865 bits per heavy atom. The molecule has 2 N–H and O–H groups in total. The van der Waals surface area contributed by atoms with E-state index in [1.54, 1.807) is 4.90 Å². The summed E-state index contributed by atoms with van der Waals surface area (Å²) in [5.41, 5.74) is 4.19. The average molecular weight is 721 g/mol. The van der Waals surface area contributed by atoms with Crippen molar-refractivity contribution >= 4 is 29.7 Å². The summed E-state index contributed by atoms with van der Waals surface area (Å²) in [5, 5.41) is 13.4. The van der Waals surface area contributed by atoms with Gasteiger partial charge >= 0.3 is 18.1 Å². The highest BCUT2D eigenvalue weighted by Gasteiger charge is 2.36. The third kappa shape index (κ3) is 9.16. The Morgan fingerprint density at radius 3 is 2.15 bits per heavy atom. The summed E-state index contributed by atoms with van der Waals surface area (Å²) in [6, 6.07) is 11.8. The van der Waals surface area contributed by atoms with E-state index in [0.29, 0.717) is 69.3 Å². The Labute approximate surface area is 307 Å². The van der Waals surface area contributed by atoms with Crippen LogP contribution in [0.3, 0.4) is 0 Å². The van der Waals surface area contributed by atoms with Gasteiger partial charge in [-0.3, -0.25) is 19.4 Å². The van der Waals surface area contributed by atoms with Crippen molar-refractivity contribution in [2.24, 2.45) is 0 Å². The summed E-state index contributed by atoms with van der Waals surface area (Å²) < 4.78 is 10.9. The molecule has 3 fully saturated rings. The number of rotatable bonds is 8. The number of phenolic OH excluding ortho intramolecular Hbond substituents is 1. The second-order valence-corrected chi connectivity index (χ2v) is 14.3. The molecule has 0 aromatic heterocycles. The Bertz CT molecular complexity index is 1560. The number of carbonyl (C=O) groups is 4. The predicted molar refractivity (Wildman–Crippen MR) is 198 cm³/mol. The van der Waals surface area contributed by atoms with Crippen molar-refractivity contribution in [3.8, 4) is 5.75 Å². The quantitative estimate of drug-likeness (QED) is 0.388. The van der Waals surface area contributed by atoms with Crippen molar-refractivity contribution < 1.29 is 33.8 Å². The van der Waals surface area contributed by atoms with Gasteiger partial charge in [-0.15, -0.1) is 0 Å². The fraction of sp³-hybridized carbons (Fsp3) is 0.590. The Kier molecular flexibility index (Phi) is 13.0. The molecule has 0 saturated carbocycles. The minimum atomic E-state index is -1.01. The van der Waals surface area contributed by atoms with Crippen LogP contribution in [-0.4, -0.2) is 144 Å². The lowest BCUT2D eigenvalue weighted by molar-refractivity contribution is -0.143. The summed E-state index contributed by atoms with van der Waals surface area (Å²) in [7, 11) is 1.41. The van der Waals surface area contributed by atoms with E-state index >= 15 is 0 Å². The lowest BCUT2D eigenvalue weighted by atomic mass is 10.00. The zero-order valence-corrected chi connectivity index (χ0v) is 30.1. The van der Waals surface area contributed by atoms with Gasteiger partial charge in [-0.1, -0.05) is 37.8 Å². The van der Waals surface area contributed by atoms with Crippen LogP contribution >= 0.6 is 0 Å². The monoisotopic (exact) mass is 720 g/mol. The highest BCUT2D eigenvalue weighted by Crippen LogP contribution is 2.27. The van der Waals surface area contributed by atoms with Gasteiger partial charge in [0.15, 0.2) is 6.10 Å². The molecular weight excluding hydrogens is 664 g/mol. The molecule has 2 aromatic carbocycles. The van der Waals surface area contributed by atoms with E-state index in [0.717, 1.165) is 62.3 Å². The van der Waals surface area contributed by atoms with Gasteiger partial charge < -0.3 is 34.6 Å². The lowest BCUT2D eigenvalue weighted by Gasteiger charge is -2.43. The van der Waals surface area contributed by atoms with Crippen LogP contribution in [0.2, 0.25) is 0 Å². The van der Waals surface area contributed by atoms with Gasteiger partial charge in [0.05, 0.1) is 13.7 Å². The van der Waals surface area contributed by atoms with Gasteiger partial charge in [0.2, 0.25) is 0 Å². The van der Waals surface area contributed by atoms with Crippen LogP contribution in [0.1, 0.15) is 55.4 Å². The smallest absolute Gasteiger partial charge is 0.410 e. The van der Waals surface area contributed by atoms with E-state index in [1.165, 1.54) is 7.11 Å². The number of benzene rings is 2. The molecule has 4 heterocycles. The third-order valence-electron chi connectivity index (χ3n) is 11.1. The zero-order valence-electron chi connectivity index (χ0n) is 30.1. The number of urea groups is 1. The molecule has 0 unspecified atom stereocenters. The maximum Gasteiger partial charge on any atom is 0.410 e. The molecule has 0 spiro atoms. The number of fused-ring (bicyclic) bond motifs is 1. The van der Waals surface area contributed by atoms with Gasteiger partial charge in [0, 0.05) is 83.1 Å². The molecule has 4 aliphatic rings. The molecule has 1 atom stereocenters. The fourth-order valence-electron chi connectivity index (χ4n) is 8.05. The first kappa shape index (κ1) is 38.9. The number of para-hydroxylation sites is 1. The standard InChI is InChI=1S/C38H52N6O7.CH4/c1-26-22-28(23-27(2)35(26)46)24-33(36(47)42-20-18-41(19-21-42)30-9-13-40(14-10-30)25-34(45)50-3)51-38(49)43-15-11-31(12-16-43)44-17-8-29-6-4-5-7-32(29)39-37(44)48;/h4-7,22-23,30-31,33,46H,8-21,24-25H2,1-3H3,(H,39,48);1H4/t33-;/m1./s1. The second kappa shape index (κ2) is 17.4. The number of hydrogen-bond donors (Lipinski definition) is 2. The van der Waals surface area contributed by atoms with Crippen molar-refractivity contribution in [2.45, 2.75) is 78.0 Å². The maximum atomic E-state index is 14.1. The van der Waals surface area contributed by atoms with E-state index in [-0.39, 0.29) is 43.5 Å². The number of esters is 1. The van der Waals surface area contributed by atoms with Crippen molar-refractivity contribution in [3.05, 3.63) is 58.7 Å². The van der Waals surface area contributed by atoms with Gasteiger partial charge in [0.25, 0.3) is 5.91 Å². The highest BCUT2D eigenvalue weighted by atomic mass is 16.6. The molecule has 6 rings (SSSR count). The lowest BCUT2D eigenvalue weighted by Crippen LogP contribution is -2.56. The Balaban J connectivity index is 0.00000523. The second-order valence-electron chi connectivity index (χ2n) is 14.3. The number of phenols is 1. The van der Waals surface area contributed by atoms with Crippen LogP contribution in [0.4, 0.5) is 15.3 Å². The van der Waals surface area contributed by atoms with Crippen LogP contribution in [0.25, 0.3) is 0 Å². The molecule has 284 valence electrons. The van der Waals surface area contributed by atoms with Crippen LogP contribution in [0.15, 0.2) is 36.4 Å². The number of likely N-dealkylation sites (tertiary alicyclic amines) is 2. The summed E-state index contributed by atoms with van der Waals surface area (Å²) in [4.78, 5) is 62.5. The van der Waals surface area contributed by atoms with Gasteiger partial charge in [-0.05, 0) is 74.3 Å². The van der Waals surface area contributed by atoms with Gasteiger partial charge in [-0.2, -0.15) is 0 Å². The largest absolute Gasteiger partial charge is 0.507 e. The molecular formula is C39H56N6O7. The van der Waals surface area contributed by atoms with Crippen LogP contribution in [0, 0.1) is 13.8 Å². The molecule has 4 amide bonds. The minimum Gasteiger partial charge on any atom is -0.507 e. The van der Waals surface area contributed by atoms with E-state index in [9.17, 15) is 24.3 Å². The SMILES string of the molecule is C.COC(=O)CN1CCC(N2CCN(C(=O)[C@@H](Cc3cc(C)c(O)c(C)c3)OC(=O)N3CCC(N4CCc5ccccc5NC4=O)CC3)CC2)CC1. The fourth-order valence-corrected chi connectivity index (χ4v) is 8.05. The molecule has 3 saturated heterocycles. The first-order chi connectivity index (χ1) is 24.6. The van der Waals surface area contributed by atoms with Crippen LogP contribution in [0.5, 0.6) is 5.75 Å². The topological polar surface area (TPSA) is 135 Å². The van der Waals surface area contributed by atoms with E-state index in [2.05, 4.69) is 15.1 Å². The van der Waals surface area contributed by atoms with Gasteiger partial charge in [0.1, 0.15) is 5.75 Å². The summed E-state index contributed by atoms with van der Waals surface area (Å²) in [5.74, 6) is -0.211. The third-order valence-corrected chi connectivity index (χ3v) is 11.1. The predicted octanol–water partition coefficient (Wildman–Crippen LogP) is 4.03. The normalized spacial score (nSPS) is 19.9. The number of nitrogens with zero attached hydrogens (tertiary/aromatic N) is 5. The Hall–Kier alpha value is -4.36. The molecule has 4 aliphatic heterocycles. The van der Waals surface area contributed by atoms with Crippen molar-refractivity contribution in [2.75, 3.05) is 77.9 Å². The number of piperidine rings is 2. The maximum absolute atomic E-state index is 14.1. The molecule has 13 nitrogen and oxygen atoms in total. The number of aromatic hydroxyl groups is 1. The first-order valence-corrected chi connectivity index (χ1v) is 18.3. The molecule has 0 radical (unpaired) electrons. The van der Waals surface area contributed by atoms with E-state index in [4.69, 9.17) is 9.47 Å². The van der Waals surface area contributed by atoms with Crippen molar-refractivity contribution in [1.82, 2.24) is 24.5 Å². The number of piperazine rings is 1. The number of methoxy groups -OCH3 is 1. The van der Waals surface area contributed by atoms with Crippen LogP contribution < -0.4 is 5.32 Å². The van der Waals surface area contributed by atoms with Crippen molar-refractivity contribution in [3.63, 3.8) is 0 Å². The van der Waals surface area contributed by atoms with Gasteiger partial charge in [-0.25, -0.2) is 9.59 Å². The molecule has 2 aromatic rings. The van der Waals surface area contributed by atoms with Crippen LogP contribution in [-0.2, 0) is 31.9 Å². The molecule has 13 heteroatoms. The summed E-state index contributed by atoms with van der Waals surface area (Å²) in [6.07, 6.45) is 2.59. The Morgan fingerprint density at radius 2 is 1.50 bits per heavy atom. The number of carbonyl (C=O) groups excluding carboxylic acids is 4. The molecule has 0 aliphatic carbocycles. The summed E-state index contributed by atoms with van der Waals surface area (Å²) >= 11 is 0. The number of anilines is 1. The number of amides is 4.